The number of aliphatic imine (C=N–C) groups is 1. The van der Waals surface area contributed by atoms with Crippen LogP contribution < -0.4 is 5.32 Å². The number of alkyl halides is 3. The smallest absolute Gasteiger partial charge is 0.351 e. The molecule has 9 heteroatoms. The minimum absolute atomic E-state index is 0.0416. The highest BCUT2D eigenvalue weighted by molar-refractivity contribution is 5.88. The molecule has 0 amide bonds. The highest BCUT2D eigenvalue weighted by Crippen LogP contribution is 2.34. The van der Waals surface area contributed by atoms with Gasteiger partial charge in [-0.3, -0.25) is 0 Å². The molecular weight excluding hydrogens is 369 g/mol. The first-order valence-corrected chi connectivity index (χ1v) is 9.42. The molecule has 1 atom stereocenters. The van der Waals surface area contributed by atoms with Crippen LogP contribution in [0, 0.1) is 11.8 Å². The molecule has 6 nitrogen and oxygen atoms in total. The number of nitrogens with one attached hydrogen (secondary N) is 1. The second kappa shape index (κ2) is 7.10. The number of pyridine rings is 1. The standard InChI is InChI=1S/C19H21F3N6/c1-10(12-6-7-12)23-17-26-16(14-4-3-5-15(25-14)19(20,21)22)27-18(28-17)24-11(2)13-8-9-13/h3-5,10,12-13H,6-9H2,1-2H3,(H,23,26,27,28)/b24-11+/t10-/m1/s1. The summed E-state index contributed by atoms with van der Waals surface area (Å²) in [6.45, 7) is 3.96. The number of nitrogens with zero attached hydrogens (tertiary/aromatic N) is 5. The summed E-state index contributed by atoms with van der Waals surface area (Å²) >= 11 is 0. The van der Waals surface area contributed by atoms with Crippen LogP contribution in [-0.4, -0.2) is 31.7 Å². The van der Waals surface area contributed by atoms with Crippen LogP contribution >= 0.6 is 0 Å². The van der Waals surface area contributed by atoms with Gasteiger partial charge in [0.25, 0.3) is 5.95 Å². The van der Waals surface area contributed by atoms with Crippen molar-refractivity contribution in [3.63, 3.8) is 0 Å². The number of rotatable bonds is 6. The first kappa shape index (κ1) is 18.8. The Hall–Kier alpha value is -2.58. The fourth-order valence-corrected chi connectivity index (χ4v) is 2.98. The van der Waals surface area contributed by atoms with E-state index in [9.17, 15) is 13.2 Å². The Bertz CT molecular complexity index is 903. The van der Waals surface area contributed by atoms with Gasteiger partial charge in [-0.2, -0.15) is 28.1 Å². The molecule has 0 spiro atoms. The van der Waals surface area contributed by atoms with Crippen molar-refractivity contribution in [3.05, 3.63) is 23.9 Å². The normalized spacial score (nSPS) is 18.8. The molecule has 2 aliphatic rings. The van der Waals surface area contributed by atoms with E-state index in [2.05, 4.69) is 30.2 Å². The van der Waals surface area contributed by atoms with E-state index in [1.54, 1.807) is 0 Å². The predicted octanol–water partition coefficient (Wildman–Crippen LogP) is 4.67. The second-order valence-corrected chi connectivity index (χ2v) is 7.49. The Labute approximate surface area is 160 Å². The van der Waals surface area contributed by atoms with Gasteiger partial charge in [0.15, 0.2) is 5.82 Å². The van der Waals surface area contributed by atoms with Crippen molar-refractivity contribution in [1.29, 1.82) is 0 Å². The van der Waals surface area contributed by atoms with E-state index in [0.29, 0.717) is 17.8 Å². The molecule has 2 heterocycles. The molecule has 148 valence electrons. The summed E-state index contributed by atoms with van der Waals surface area (Å²) in [5, 5.41) is 3.24. The number of aromatic nitrogens is 4. The first-order valence-electron chi connectivity index (χ1n) is 9.42. The zero-order valence-corrected chi connectivity index (χ0v) is 15.7. The quantitative estimate of drug-likeness (QED) is 0.726. The van der Waals surface area contributed by atoms with Gasteiger partial charge in [-0.15, -0.1) is 0 Å². The van der Waals surface area contributed by atoms with Crippen LogP contribution in [-0.2, 0) is 6.18 Å². The zero-order valence-electron chi connectivity index (χ0n) is 15.7. The third-order valence-corrected chi connectivity index (χ3v) is 5.02. The average molecular weight is 390 g/mol. The van der Waals surface area contributed by atoms with Crippen LogP contribution in [0.2, 0.25) is 0 Å². The first-order chi connectivity index (χ1) is 13.3. The van der Waals surface area contributed by atoms with Gasteiger partial charge in [0.05, 0.1) is 0 Å². The molecule has 2 aromatic rings. The molecule has 0 bridgehead atoms. The van der Waals surface area contributed by atoms with Gasteiger partial charge < -0.3 is 5.32 Å². The molecule has 0 aliphatic heterocycles. The van der Waals surface area contributed by atoms with Gasteiger partial charge in [0.1, 0.15) is 11.4 Å². The molecule has 0 radical (unpaired) electrons. The van der Waals surface area contributed by atoms with Crippen molar-refractivity contribution in [3.8, 4) is 11.5 Å². The van der Waals surface area contributed by atoms with E-state index in [-0.39, 0.29) is 23.5 Å². The maximum atomic E-state index is 13.0. The van der Waals surface area contributed by atoms with Crippen molar-refractivity contribution in [1.82, 2.24) is 19.9 Å². The lowest BCUT2D eigenvalue weighted by atomic mass is 10.2. The van der Waals surface area contributed by atoms with Crippen molar-refractivity contribution in [2.75, 3.05) is 5.32 Å². The largest absolute Gasteiger partial charge is 0.433 e. The Morgan fingerprint density at radius 3 is 2.50 bits per heavy atom. The van der Waals surface area contributed by atoms with Gasteiger partial charge in [-0.05, 0) is 63.5 Å². The van der Waals surface area contributed by atoms with E-state index >= 15 is 0 Å². The van der Waals surface area contributed by atoms with Crippen molar-refractivity contribution in [2.45, 2.75) is 51.7 Å². The lowest BCUT2D eigenvalue weighted by Crippen LogP contribution is -2.19. The van der Waals surface area contributed by atoms with Gasteiger partial charge in [-0.1, -0.05) is 6.07 Å². The van der Waals surface area contributed by atoms with Gasteiger partial charge >= 0.3 is 6.18 Å². The maximum absolute atomic E-state index is 13.0. The summed E-state index contributed by atoms with van der Waals surface area (Å²) in [4.78, 5) is 21.1. The third kappa shape index (κ3) is 4.45. The fraction of sp³-hybridized carbons (Fsp3) is 0.526. The van der Waals surface area contributed by atoms with Crippen LogP contribution in [0.1, 0.15) is 45.2 Å². The monoisotopic (exact) mass is 390 g/mol. The molecule has 0 unspecified atom stereocenters. The molecule has 2 saturated carbocycles. The van der Waals surface area contributed by atoms with Gasteiger partial charge in [-0.25, -0.2) is 9.98 Å². The number of anilines is 1. The maximum Gasteiger partial charge on any atom is 0.433 e. The zero-order chi connectivity index (χ0) is 19.9. The Kier molecular flexibility index (Phi) is 4.76. The molecule has 1 N–H and O–H groups in total. The van der Waals surface area contributed by atoms with Crippen molar-refractivity contribution in [2.24, 2.45) is 16.8 Å². The molecule has 2 aromatic heterocycles. The van der Waals surface area contributed by atoms with Gasteiger partial charge in [0, 0.05) is 11.8 Å². The average Bonchev–Trinajstić information content (AvgIpc) is 3.53. The molecule has 2 aliphatic carbocycles. The Morgan fingerprint density at radius 2 is 1.86 bits per heavy atom. The lowest BCUT2D eigenvalue weighted by Gasteiger charge is -2.14. The Morgan fingerprint density at radius 1 is 1.11 bits per heavy atom. The minimum atomic E-state index is -4.53. The SMILES string of the molecule is C/C(=N\c1nc(N[C@H](C)C2CC2)nc(-c2cccc(C(F)(F)F)n2)n1)C1CC1. The van der Waals surface area contributed by atoms with E-state index in [1.807, 2.05) is 13.8 Å². The number of halogens is 3. The van der Waals surface area contributed by atoms with Crippen LogP contribution in [0.3, 0.4) is 0 Å². The van der Waals surface area contributed by atoms with E-state index < -0.39 is 11.9 Å². The summed E-state index contributed by atoms with van der Waals surface area (Å²) in [6, 6.07) is 3.86. The van der Waals surface area contributed by atoms with Crippen LogP contribution in [0.4, 0.5) is 25.1 Å². The minimum Gasteiger partial charge on any atom is -0.351 e. The molecule has 2 fully saturated rings. The second-order valence-electron chi connectivity index (χ2n) is 7.49. The van der Waals surface area contributed by atoms with Crippen molar-refractivity contribution >= 4 is 17.6 Å². The summed E-state index contributed by atoms with van der Waals surface area (Å²) < 4.78 is 39.1. The molecule has 4 rings (SSSR count). The summed E-state index contributed by atoms with van der Waals surface area (Å²) in [5.41, 5.74) is -0.0132. The number of hydrogen-bond donors (Lipinski definition) is 1. The fourth-order valence-electron chi connectivity index (χ4n) is 2.98. The summed E-state index contributed by atoms with van der Waals surface area (Å²) in [6.07, 6.45) is -0.0626. The third-order valence-electron chi connectivity index (χ3n) is 5.02. The molecule has 0 saturated heterocycles. The highest BCUT2D eigenvalue weighted by atomic mass is 19.4. The van der Waals surface area contributed by atoms with Crippen LogP contribution in [0.5, 0.6) is 0 Å². The van der Waals surface area contributed by atoms with E-state index in [0.717, 1.165) is 37.5 Å². The summed E-state index contributed by atoms with van der Waals surface area (Å²) in [5.74, 6) is 1.58. The topological polar surface area (TPSA) is 76.0 Å². The van der Waals surface area contributed by atoms with E-state index in [4.69, 9.17) is 0 Å². The predicted molar refractivity (Wildman–Crippen MR) is 99.4 cm³/mol. The summed E-state index contributed by atoms with van der Waals surface area (Å²) in [7, 11) is 0. The van der Waals surface area contributed by atoms with Crippen LogP contribution in [0.25, 0.3) is 11.5 Å². The molecule has 28 heavy (non-hydrogen) atoms. The Balaban J connectivity index is 1.71. The van der Waals surface area contributed by atoms with E-state index in [1.165, 1.54) is 12.1 Å². The molecule has 0 aromatic carbocycles. The highest BCUT2D eigenvalue weighted by Gasteiger charge is 2.33. The number of hydrogen-bond acceptors (Lipinski definition) is 6. The van der Waals surface area contributed by atoms with Crippen LogP contribution in [0.15, 0.2) is 23.2 Å². The molecular formula is C19H21F3N6. The van der Waals surface area contributed by atoms with Gasteiger partial charge in [0.2, 0.25) is 5.95 Å². The van der Waals surface area contributed by atoms with Crippen molar-refractivity contribution < 1.29 is 13.2 Å². The lowest BCUT2D eigenvalue weighted by molar-refractivity contribution is -0.141.